The normalized spacial score (nSPS) is 10.8. The average molecular weight is 413 g/mol. The summed E-state index contributed by atoms with van der Waals surface area (Å²) in [5, 5.41) is 4.48. The van der Waals surface area contributed by atoms with E-state index < -0.39 is 5.82 Å². The van der Waals surface area contributed by atoms with Crippen molar-refractivity contribution in [1.29, 1.82) is 0 Å². The first kappa shape index (κ1) is 14.5. The van der Waals surface area contributed by atoms with E-state index in [0.29, 0.717) is 6.54 Å². The summed E-state index contributed by atoms with van der Waals surface area (Å²) in [6.07, 6.45) is 3.80. The van der Waals surface area contributed by atoms with E-state index in [1.165, 1.54) is 9.64 Å². The van der Waals surface area contributed by atoms with Gasteiger partial charge in [-0.05, 0) is 58.0 Å². The Labute approximate surface area is 140 Å². The molecule has 2 nitrogen and oxygen atoms in total. The maximum absolute atomic E-state index is 13.1. The summed E-state index contributed by atoms with van der Waals surface area (Å²) < 4.78 is 16.2. The summed E-state index contributed by atoms with van der Waals surface area (Å²) in [4.78, 5) is 0. The first-order valence-corrected chi connectivity index (χ1v) is 7.80. The molecular formula is C16H11ClFIN2. The second-order valence-electron chi connectivity index (χ2n) is 4.68. The Kier molecular flexibility index (Phi) is 4.26. The quantitative estimate of drug-likeness (QED) is 0.554. The molecule has 2 aromatic carbocycles. The van der Waals surface area contributed by atoms with E-state index in [0.717, 1.165) is 16.7 Å². The van der Waals surface area contributed by atoms with Crippen molar-refractivity contribution in [2.75, 3.05) is 0 Å². The Morgan fingerprint density at radius 3 is 2.57 bits per heavy atom. The molecule has 0 N–H and O–H groups in total. The lowest BCUT2D eigenvalue weighted by Crippen LogP contribution is -1.99. The van der Waals surface area contributed by atoms with Crippen molar-refractivity contribution in [3.8, 4) is 11.1 Å². The molecule has 5 heteroatoms. The zero-order chi connectivity index (χ0) is 14.8. The van der Waals surface area contributed by atoms with Crippen LogP contribution in [0.25, 0.3) is 11.1 Å². The SMILES string of the molecule is Fc1ccc(Cn2cc(-c3ccc(I)cc3)cn2)cc1Cl. The van der Waals surface area contributed by atoms with Gasteiger partial charge in [-0.2, -0.15) is 5.10 Å². The number of rotatable bonds is 3. The Morgan fingerprint density at radius 2 is 1.86 bits per heavy atom. The molecule has 0 saturated heterocycles. The van der Waals surface area contributed by atoms with Crippen molar-refractivity contribution >= 4 is 34.2 Å². The summed E-state index contributed by atoms with van der Waals surface area (Å²) in [6.45, 7) is 0.560. The predicted octanol–water partition coefficient (Wildman–Crippen LogP) is 5.00. The van der Waals surface area contributed by atoms with Gasteiger partial charge in [0.2, 0.25) is 0 Å². The maximum Gasteiger partial charge on any atom is 0.141 e. The van der Waals surface area contributed by atoms with Crippen molar-refractivity contribution in [2.24, 2.45) is 0 Å². The minimum Gasteiger partial charge on any atom is -0.268 e. The number of hydrogen-bond acceptors (Lipinski definition) is 1. The van der Waals surface area contributed by atoms with E-state index in [-0.39, 0.29) is 5.02 Å². The molecule has 0 fully saturated rings. The van der Waals surface area contributed by atoms with Crippen LogP contribution in [0, 0.1) is 9.39 Å². The number of benzene rings is 2. The standard InChI is InChI=1S/C16H11ClFIN2/c17-15-7-11(1-6-16(15)18)9-21-10-13(8-20-21)12-2-4-14(19)5-3-12/h1-8,10H,9H2. The fourth-order valence-electron chi connectivity index (χ4n) is 2.07. The smallest absolute Gasteiger partial charge is 0.141 e. The first-order valence-electron chi connectivity index (χ1n) is 6.34. The van der Waals surface area contributed by atoms with Gasteiger partial charge in [0, 0.05) is 15.3 Å². The number of nitrogens with zero attached hydrogens (tertiary/aromatic N) is 2. The van der Waals surface area contributed by atoms with Crippen LogP contribution in [0.5, 0.6) is 0 Å². The predicted molar refractivity (Wildman–Crippen MR) is 90.9 cm³/mol. The molecule has 0 aliphatic rings. The fourth-order valence-corrected chi connectivity index (χ4v) is 2.63. The molecule has 0 unspecified atom stereocenters. The third-order valence-corrected chi connectivity index (χ3v) is 4.15. The zero-order valence-electron chi connectivity index (χ0n) is 10.9. The van der Waals surface area contributed by atoms with Crippen molar-refractivity contribution in [2.45, 2.75) is 6.54 Å². The van der Waals surface area contributed by atoms with E-state index in [9.17, 15) is 4.39 Å². The highest BCUT2D eigenvalue weighted by Crippen LogP contribution is 2.21. The van der Waals surface area contributed by atoms with Gasteiger partial charge in [0.05, 0.1) is 17.8 Å². The van der Waals surface area contributed by atoms with Crippen LogP contribution in [-0.2, 0) is 6.54 Å². The van der Waals surface area contributed by atoms with Crippen molar-refractivity contribution in [3.63, 3.8) is 0 Å². The lowest BCUT2D eigenvalue weighted by atomic mass is 10.1. The van der Waals surface area contributed by atoms with Crippen LogP contribution in [0.1, 0.15) is 5.56 Å². The van der Waals surface area contributed by atoms with E-state index in [4.69, 9.17) is 11.6 Å². The monoisotopic (exact) mass is 412 g/mol. The van der Waals surface area contributed by atoms with E-state index in [1.54, 1.807) is 12.1 Å². The van der Waals surface area contributed by atoms with Gasteiger partial charge in [-0.1, -0.05) is 29.8 Å². The molecule has 106 valence electrons. The van der Waals surface area contributed by atoms with Gasteiger partial charge < -0.3 is 0 Å². The minimum atomic E-state index is -0.402. The van der Waals surface area contributed by atoms with Crippen LogP contribution >= 0.6 is 34.2 Å². The van der Waals surface area contributed by atoms with Gasteiger partial charge in [0.25, 0.3) is 0 Å². The molecule has 3 aromatic rings. The molecule has 0 saturated carbocycles. The second kappa shape index (κ2) is 6.15. The van der Waals surface area contributed by atoms with Crippen LogP contribution in [0.15, 0.2) is 54.9 Å². The largest absolute Gasteiger partial charge is 0.268 e. The third kappa shape index (κ3) is 3.44. The van der Waals surface area contributed by atoms with Crippen LogP contribution in [0.4, 0.5) is 4.39 Å². The van der Waals surface area contributed by atoms with Gasteiger partial charge >= 0.3 is 0 Å². The van der Waals surface area contributed by atoms with E-state index in [1.807, 2.05) is 17.1 Å². The summed E-state index contributed by atoms with van der Waals surface area (Å²) in [5.41, 5.74) is 3.09. The van der Waals surface area contributed by atoms with Crippen LogP contribution in [-0.4, -0.2) is 9.78 Å². The molecule has 21 heavy (non-hydrogen) atoms. The highest BCUT2D eigenvalue weighted by molar-refractivity contribution is 14.1. The maximum atomic E-state index is 13.1. The van der Waals surface area contributed by atoms with Gasteiger partial charge in [-0.25, -0.2) is 4.39 Å². The molecule has 1 heterocycles. The summed E-state index contributed by atoms with van der Waals surface area (Å²) in [5.74, 6) is -0.402. The fraction of sp³-hybridized carbons (Fsp3) is 0.0625. The van der Waals surface area contributed by atoms with Crippen LogP contribution < -0.4 is 0 Å². The molecule has 0 amide bonds. The highest BCUT2D eigenvalue weighted by Gasteiger charge is 2.05. The topological polar surface area (TPSA) is 17.8 Å². The van der Waals surface area contributed by atoms with Gasteiger partial charge in [-0.15, -0.1) is 0 Å². The average Bonchev–Trinajstić information content (AvgIpc) is 2.92. The van der Waals surface area contributed by atoms with Crippen LogP contribution in [0.2, 0.25) is 5.02 Å². The Bertz CT molecular complexity index is 768. The van der Waals surface area contributed by atoms with E-state index in [2.05, 4.69) is 52.0 Å². The molecule has 0 spiro atoms. The Morgan fingerprint density at radius 1 is 1.10 bits per heavy atom. The van der Waals surface area contributed by atoms with Gasteiger partial charge in [-0.3, -0.25) is 4.68 Å². The summed E-state index contributed by atoms with van der Waals surface area (Å²) >= 11 is 8.07. The lowest BCUT2D eigenvalue weighted by molar-refractivity contribution is 0.625. The molecular weight excluding hydrogens is 402 g/mol. The number of aromatic nitrogens is 2. The third-order valence-electron chi connectivity index (χ3n) is 3.14. The Balaban J connectivity index is 1.81. The van der Waals surface area contributed by atoms with Gasteiger partial charge in [0.1, 0.15) is 5.82 Å². The van der Waals surface area contributed by atoms with Crippen LogP contribution in [0.3, 0.4) is 0 Å². The molecule has 0 radical (unpaired) electrons. The molecule has 0 atom stereocenters. The van der Waals surface area contributed by atoms with Crippen molar-refractivity contribution in [1.82, 2.24) is 9.78 Å². The number of halogens is 3. The van der Waals surface area contributed by atoms with E-state index >= 15 is 0 Å². The summed E-state index contributed by atoms with van der Waals surface area (Å²) in [7, 11) is 0. The number of hydrogen-bond donors (Lipinski definition) is 0. The lowest BCUT2D eigenvalue weighted by Gasteiger charge is -2.03. The molecule has 1 aromatic heterocycles. The molecule has 0 bridgehead atoms. The summed E-state index contributed by atoms with van der Waals surface area (Å²) in [6, 6.07) is 13.0. The van der Waals surface area contributed by atoms with Gasteiger partial charge in [0.15, 0.2) is 0 Å². The first-order chi connectivity index (χ1) is 10.1. The van der Waals surface area contributed by atoms with Crippen molar-refractivity contribution in [3.05, 3.63) is 74.8 Å². The highest BCUT2D eigenvalue weighted by atomic mass is 127. The minimum absolute atomic E-state index is 0.137. The Hall–Kier alpha value is -1.40. The second-order valence-corrected chi connectivity index (χ2v) is 6.33. The zero-order valence-corrected chi connectivity index (χ0v) is 13.8. The molecule has 0 aliphatic heterocycles. The molecule has 3 rings (SSSR count). The molecule has 0 aliphatic carbocycles. The van der Waals surface area contributed by atoms with Crippen molar-refractivity contribution < 1.29 is 4.39 Å².